The van der Waals surface area contributed by atoms with E-state index in [9.17, 15) is 9.50 Å². The second-order valence-corrected chi connectivity index (χ2v) is 5.47. The normalized spacial score (nSPS) is 15.0. The van der Waals surface area contributed by atoms with Crippen molar-refractivity contribution in [1.82, 2.24) is 9.97 Å². The van der Waals surface area contributed by atoms with Gasteiger partial charge in [0.15, 0.2) is 11.6 Å². The average Bonchev–Trinajstić information content (AvgIpc) is 2.60. The van der Waals surface area contributed by atoms with Crippen molar-refractivity contribution in [3.63, 3.8) is 0 Å². The lowest BCUT2D eigenvalue weighted by molar-refractivity contribution is 0.122. The fraction of sp³-hybridized carbons (Fsp3) is 0.267. The number of nitrogens with zero attached hydrogens (tertiary/aromatic N) is 4. The van der Waals surface area contributed by atoms with Crippen LogP contribution in [0.4, 0.5) is 16.2 Å². The maximum Gasteiger partial charge on any atom is 0.245 e. The molecule has 126 valence electrons. The van der Waals surface area contributed by atoms with Gasteiger partial charge in [0.05, 0.1) is 25.6 Å². The number of ether oxygens (including phenoxy) is 1. The lowest BCUT2D eigenvalue weighted by atomic mass is 10.2. The maximum atomic E-state index is 13.9. The summed E-state index contributed by atoms with van der Waals surface area (Å²) in [6.07, 6.45) is 2.47. The second kappa shape index (κ2) is 7.41. The summed E-state index contributed by atoms with van der Waals surface area (Å²) in [5.41, 5.74) is 3.05. The summed E-state index contributed by atoms with van der Waals surface area (Å²) in [6.45, 7) is 2.18. The Morgan fingerprint density at radius 3 is 2.96 bits per heavy atom. The number of aromatic nitrogens is 2. The van der Waals surface area contributed by atoms with Gasteiger partial charge in [0.25, 0.3) is 0 Å². The molecular weight excluding hydrogens is 337 g/mol. The Morgan fingerprint density at radius 2 is 2.17 bits per heavy atom. The van der Waals surface area contributed by atoms with E-state index >= 15 is 0 Å². The highest BCUT2D eigenvalue weighted by Crippen LogP contribution is 2.20. The van der Waals surface area contributed by atoms with Crippen LogP contribution < -0.4 is 10.3 Å². The Hall–Kier alpha value is -2.45. The van der Waals surface area contributed by atoms with Gasteiger partial charge in [-0.3, -0.25) is 0 Å². The molecular formula is C15H15ClFN5O2. The number of phenolic OH excluding ortho intramolecular Hbond substituents is 1. The van der Waals surface area contributed by atoms with E-state index in [4.69, 9.17) is 16.3 Å². The monoisotopic (exact) mass is 351 g/mol. The van der Waals surface area contributed by atoms with Gasteiger partial charge in [-0.15, -0.1) is 0 Å². The third-order valence-corrected chi connectivity index (χ3v) is 3.63. The van der Waals surface area contributed by atoms with Crippen molar-refractivity contribution in [1.29, 1.82) is 0 Å². The van der Waals surface area contributed by atoms with E-state index in [1.54, 1.807) is 17.0 Å². The number of hydrogen-bond donors (Lipinski definition) is 2. The minimum absolute atomic E-state index is 0.0407. The van der Waals surface area contributed by atoms with Crippen molar-refractivity contribution in [3.8, 4) is 5.75 Å². The van der Waals surface area contributed by atoms with Gasteiger partial charge < -0.3 is 14.7 Å². The Morgan fingerprint density at radius 1 is 1.38 bits per heavy atom. The molecule has 2 N–H and O–H groups in total. The summed E-state index contributed by atoms with van der Waals surface area (Å²) in [5.74, 6) is -0.106. The first-order chi connectivity index (χ1) is 11.6. The molecule has 0 unspecified atom stereocenters. The quantitative estimate of drug-likeness (QED) is 0.649. The molecule has 1 fully saturated rings. The third kappa shape index (κ3) is 3.90. The molecule has 0 aliphatic carbocycles. The molecule has 9 heteroatoms. The minimum Gasteiger partial charge on any atom is -0.507 e. The van der Waals surface area contributed by atoms with Crippen molar-refractivity contribution in [2.45, 2.75) is 0 Å². The third-order valence-electron chi connectivity index (χ3n) is 3.39. The number of rotatable bonds is 4. The van der Waals surface area contributed by atoms with E-state index in [0.717, 1.165) is 6.20 Å². The number of morpholine rings is 1. The highest BCUT2D eigenvalue weighted by Gasteiger charge is 2.17. The summed E-state index contributed by atoms with van der Waals surface area (Å²) in [7, 11) is 0. The lowest BCUT2D eigenvalue weighted by Gasteiger charge is -2.27. The van der Waals surface area contributed by atoms with Crippen LogP contribution in [0.15, 0.2) is 29.5 Å². The number of aromatic hydroxyl groups is 1. The summed E-state index contributed by atoms with van der Waals surface area (Å²) in [4.78, 5) is 9.78. The standard InChI is InChI=1S/C15H15ClFN5O2/c16-11-1-2-13(23)10(7-11)8-19-21-15-18-9-12(17)14(20-15)22-3-5-24-6-4-22/h1-2,7-9,23H,3-6H2,(H,18,20,21)/b19-8-. The van der Waals surface area contributed by atoms with Crippen LogP contribution in [0.5, 0.6) is 5.75 Å². The highest BCUT2D eigenvalue weighted by atomic mass is 35.5. The second-order valence-electron chi connectivity index (χ2n) is 5.04. The number of halogens is 2. The van der Waals surface area contributed by atoms with Crippen LogP contribution in [0.3, 0.4) is 0 Å². The van der Waals surface area contributed by atoms with Gasteiger partial charge in [0, 0.05) is 23.7 Å². The van der Waals surface area contributed by atoms with Crippen molar-refractivity contribution in [3.05, 3.63) is 40.8 Å². The van der Waals surface area contributed by atoms with Gasteiger partial charge in [-0.2, -0.15) is 10.1 Å². The molecule has 0 atom stereocenters. The SMILES string of the molecule is Oc1ccc(Cl)cc1/C=N\Nc1ncc(F)c(N2CCOCC2)n1. The molecule has 1 aliphatic rings. The molecule has 1 aromatic carbocycles. The Balaban J connectivity index is 1.73. The van der Waals surface area contributed by atoms with E-state index < -0.39 is 5.82 Å². The molecule has 0 saturated carbocycles. The Kier molecular flexibility index (Phi) is 5.07. The number of phenols is 1. The molecule has 0 radical (unpaired) electrons. The van der Waals surface area contributed by atoms with Crippen LogP contribution in [0, 0.1) is 5.82 Å². The smallest absolute Gasteiger partial charge is 0.245 e. The fourth-order valence-corrected chi connectivity index (χ4v) is 2.38. The first-order valence-corrected chi connectivity index (χ1v) is 7.64. The summed E-state index contributed by atoms with van der Waals surface area (Å²) >= 11 is 5.86. The van der Waals surface area contributed by atoms with Crippen LogP contribution in [0.1, 0.15) is 5.56 Å². The molecule has 0 spiro atoms. The summed E-state index contributed by atoms with van der Waals surface area (Å²) < 4.78 is 19.2. The molecule has 2 heterocycles. The van der Waals surface area contributed by atoms with Crippen LogP contribution in [-0.2, 0) is 4.74 Å². The van der Waals surface area contributed by atoms with Crippen molar-refractivity contribution in [2.24, 2.45) is 5.10 Å². The van der Waals surface area contributed by atoms with Crippen LogP contribution >= 0.6 is 11.6 Å². The van der Waals surface area contributed by atoms with E-state index in [1.807, 2.05) is 0 Å². The average molecular weight is 352 g/mol. The maximum absolute atomic E-state index is 13.9. The molecule has 0 bridgehead atoms. The van der Waals surface area contributed by atoms with E-state index in [-0.39, 0.29) is 17.5 Å². The van der Waals surface area contributed by atoms with Crippen molar-refractivity contribution >= 4 is 29.6 Å². The molecule has 24 heavy (non-hydrogen) atoms. The van der Waals surface area contributed by atoms with E-state index in [1.165, 1.54) is 12.3 Å². The van der Waals surface area contributed by atoms with Crippen LogP contribution in [0.2, 0.25) is 5.02 Å². The fourth-order valence-electron chi connectivity index (χ4n) is 2.20. The van der Waals surface area contributed by atoms with Gasteiger partial charge in [0.1, 0.15) is 5.75 Å². The van der Waals surface area contributed by atoms with Gasteiger partial charge in [-0.1, -0.05) is 11.6 Å². The first-order valence-electron chi connectivity index (χ1n) is 7.26. The van der Waals surface area contributed by atoms with Gasteiger partial charge in [-0.05, 0) is 18.2 Å². The largest absolute Gasteiger partial charge is 0.507 e. The zero-order chi connectivity index (χ0) is 16.9. The van der Waals surface area contributed by atoms with E-state index in [0.29, 0.717) is 36.9 Å². The highest BCUT2D eigenvalue weighted by molar-refractivity contribution is 6.30. The zero-order valence-electron chi connectivity index (χ0n) is 12.6. The minimum atomic E-state index is -0.501. The van der Waals surface area contributed by atoms with Crippen molar-refractivity contribution in [2.75, 3.05) is 36.6 Å². The molecule has 1 aromatic heterocycles. The Bertz CT molecular complexity index is 753. The molecule has 7 nitrogen and oxygen atoms in total. The van der Waals surface area contributed by atoms with Crippen molar-refractivity contribution < 1.29 is 14.2 Å². The summed E-state index contributed by atoms with van der Waals surface area (Å²) in [6, 6.07) is 4.60. The van der Waals surface area contributed by atoms with Gasteiger partial charge in [-0.25, -0.2) is 14.8 Å². The van der Waals surface area contributed by atoms with Gasteiger partial charge in [0.2, 0.25) is 5.95 Å². The molecule has 1 saturated heterocycles. The molecule has 3 rings (SSSR count). The summed E-state index contributed by atoms with van der Waals surface area (Å²) in [5, 5.41) is 14.1. The number of anilines is 2. The molecule has 1 aliphatic heterocycles. The predicted octanol–water partition coefficient (Wildman–Crippen LogP) is 2.26. The topological polar surface area (TPSA) is 82.9 Å². The number of benzene rings is 1. The zero-order valence-corrected chi connectivity index (χ0v) is 13.4. The number of hydrogen-bond acceptors (Lipinski definition) is 7. The predicted molar refractivity (Wildman–Crippen MR) is 89.4 cm³/mol. The van der Waals surface area contributed by atoms with Crippen LogP contribution in [-0.4, -0.2) is 47.6 Å². The van der Waals surface area contributed by atoms with Crippen LogP contribution in [0.25, 0.3) is 0 Å². The van der Waals surface area contributed by atoms with E-state index in [2.05, 4.69) is 20.5 Å². The number of hydrazone groups is 1. The number of nitrogens with one attached hydrogen (secondary N) is 1. The molecule has 2 aromatic rings. The molecule has 0 amide bonds. The van der Waals surface area contributed by atoms with Gasteiger partial charge >= 0.3 is 0 Å². The first kappa shape index (κ1) is 16.4. The Labute approximate surface area is 142 Å². The lowest BCUT2D eigenvalue weighted by Crippen LogP contribution is -2.37.